The maximum atomic E-state index is 12.5. The molecule has 2 N–H and O–H groups in total. The average molecular weight is 330 g/mol. The first-order valence-corrected chi connectivity index (χ1v) is 7.59. The number of benzene rings is 1. The number of likely N-dealkylation sites (tertiary alicyclic amines) is 1. The van der Waals surface area contributed by atoms with Gasteiger partial charge in [-0.2, -0.15) is 5.21 Å². The molecule has 1 aromatic carbocycles. The summed E-state index contributed by atoms with van der Waals surface area (Å²) in [7, 11) is 1.50. The Hall–Kier alpha value is -2.97. The van der Waals surface area contributed by atoms with Crippen LogP contribution >= 0.6 is 0 Å². The first-order valence-electron chi connectivity index (χ1n) is 7.59. The third-order valence-corrected chi connectivity index (χ3v) is 4.02. The summed E-state index contributed by atoms with van der Waals surface area (Å²) in [6.45, 7) is 2.72. The molecule has 1 fully saturated rings. The Morgan fingerprint density at radius 2 is 2.04 bits per heavy atom. The Kier molecular flexibility index (Phi) is 4.41. The Balaban J connectivity index is 1.57. The van der Waals surface area contributed by atoms with Gasteiger partial charge in [0.2, 0.25) is 11.7 Å². The highest BCUT2D eigenvalue weighted by Gasteiger charge is 2.35. The maximum absolute atomic E-state index is 12.5. The first kappa shape index (κ1) is 15.9. The number of H-pyrrole nitrogens is 1. The van der Waals surface area contributed by atoms with Gasteiger partial charge in [0, 0.05) is 12.6 Å². The number of hydrogen-bond donors (Lipinski definition) is 2. The highest BCUT2D eigenvalue weighted by atomic mass is 16.6. The average Bonchev–Trinajstić information content (AvgIpc) is 3.11. The Morgan fingerprint density at radius 1 is 1.33 bits per heavy atom. The van der Waals surface area contributed by atoms with Crippen LogP contribution in [-0.4, -0.2) is 63.8 Å². The first-order chi connectivity index (χ1) is 11.6. The Bertz CT molecular complexity index is 709. The SMILES string of the molecule is CNC(=O)OC1CN(C(=O)C(C)c2ccc(-c3nn[nH]n3)cc2)C1. The summed E-state index contributed by atoms with van der Waals surface area (Å²) >= 11 is 0. The van der Waals surface area contributed by atoms with E-state index in [1.54, 1.807) is 4.90 Å². The second kappa shape index (κ2) is 6.65. The van der Waals surface area contributed by atoms with Gasteiger partial charge in [-0.3, -0.25) is 4.79 Å². The fourth-order valence-corrected chi connectivity index (χ4v) is 2.52. The lowest BCUT2D eigenvalue weighted by atomic mass is 9.96. The van der Waals surface area contributed by atoms with Gasteiger partial charge >= 0.3 is 6.09 Å². The summed E-state index contributed by atoms with van der Waals surface area (Å²) in [5, 5.41) is 16.2. The summed E-state index contributed by atoms with van der Waals surface area (Å²) < 4.78 is 5.09. The summed E-state index contributed by atoms with van der Waals surface area (Å²) in [6.07, 6.45) is -0.709. The van der Waals surface area contributed by atoms with Crippen LogP contribution in [0.4, 0.5) is 4.79 Å². The fraction of sp³-hybridized carbons (Fsp3) is 0.400. The third-order valence-electron chi connectivity index (χ3n) is 4.02. The van der Waals surface area contributed by atoms with Crippen LogP contribution in [0, 0.1) is 0 Å². The second-order valence-corrected chi connectivity index (χ2v) is 5.60. The molecule has 1 unspecified atom stereocenters. The van der Waals surface area contributed by atoms with Crippen LogP contribution < -0.4 is 5.32 Å². The molecule has 9 heteroatoms. The predicted molar refractivity (Wildman–Crippen MR) is 83.9 cm³/mol. The molecule has 2 aromatic rings. The molecule has 1 aliphatic heterocycles. The standard InChI is InChI=1S/C15H18N6O3/c1-9(14(22)21-7-12(8-21)24-15(23)16-2)10-3-5-11(6-4-10)13-17-19-20-18-13/h3-6,9,12H,7-8H2,1-2H3,(H,16,23)(H,17,18,19,20). The van der Waals surface area contributed by atoms with Gasteiger partial charge in [0.1, 0.15) is 6.10 Å². The van der Waals surface area contributed by atoms with Gasteiger partial charge in [0.15, 0.2) is 0 Å². The lowest BCUT2D eigenvalue weighted by molar-refractivity contribution is -0.142. The lowest BCUT2D eigenvalue weighted by Crippen LogP contribution is -2.56. The van der Waals surface area contributed by atoms with E-state index in [4.69, 9.17) is 4.74 Å². The van der Waals surface area contributed by atoms with E-state index in [1.807, 2.05) is 31.2 Å². The number of carbonyl (C=O) groups excluding carboxylic acids is 2. The molecule has 126 valence electrons. The quantitative estimate of drug-likeness (QED) is 0.846. The minimum absolute atomic E-state index is 0.0130. The van der Waals surface area contributed by atoms with E-state index in [2.05, 4.69) is 25.9 Å². The van der Waals surface area contributed by atoms with Gasteiger partial charge in [0.05, 0.1) is 19.0 Å². The van der Waals surface area contributed by atoms with E-state index >= 15 is 0 Å². The van der Waals surface area contributed by atoms with E-state index in [0.29, 0.717) is 18.9 Å². The monoisotopic (exact) mass is 330 g/mol. The number of aromatic nitrogens is 4. The van der Waals surface area contributed by atoms with Crippen molar-refractivity contribution in [2.75, 3.05) is 20.1 Å². The molecule has 2 amide bonds. The molecule has 0 spiro atoms. The van der Waals surface area contributed by atoms with E-state index in [1.165, 1.54) is 7.05 Å². The smallest absolute Gasteiger partial charge is 0.407 e. The van der Waals surface area contributed by atoms with E-state index < -0.39 is 6.09 Å². The minimum Gasteiger partial charge on any atom is -0.442 e. The molecule has 9 nitrogen and oxygen atoms in total. The molecule has 2 heterocycles. The highest BCUT2D eigenvalue weighted by molar-refractivity contribution is 5.84. The summed E-state index contributed by atoms with van der Waals surface area (Å²) in [5.74, 6) is 0.252. The predicted octanol–water partition coefficient (Wildman–Crippen LogP) is 0.537. The van der Waals surface area contributed by atoms with Crippen molar-refractivity contribution in [1.29, 1.82) is 0 Å². The molecule has 0 radical (unpaired) electrons. The molecule has 1 atom stereocenters. The summed E-state index contributed by atoms with van der Waals surface area (Å²) in [5.41, 5.74) is 1.73. The topological polar surface area (TPSA) is 113 Å². The van der Waals surface area contributed by atoms with Crippen molar-refractivity contribution in [3.05, 3.63) is 29.8 Å². The minimum atomic E-state index is -0.475. The fourth-order valence-electron chi connectivity index (χ4n) is 2.52. The number of aromatic amines is 1. The van der Waals surface area contributed by atoms with Gasteiger partial charge in [-0.05, 0) is 17.7 Å². The van der Waals surface area contributed by atoms with Crippen LogP contribution in [0.25, 0.3) is 11.4 Å². The largest absolute Gasteiger partial charge is 0.442 e. The lowest BCUT2D eigenvalue weighted by Gasteiger charge is -2.39. The zero-order valence-electron chi connectivity index (χ0n) is 13.4. The number of nitrogens with one attached hydrogen (secondary N) is 2. The van der Waals surface area contributed by atoms with Crippen molar-refractivity contribution >= 4 is 12.0 Å². The highest BCUT2D eigenvalue weighted by Crippen LogP contribution is 2.24. The summed E-state index contributed by atoms with van der Waals surface area (Å²) in [6, 6.07) is 7.48. The van der Waals surface area contributed by atoms with E-state index in [-0.39, 0.29) is 17.9 Å². The van der Waals surface area contributed by atoms with Crippen molar-refractivity contribution in [3.8, 4) is 11.4 Å². The zero-order valence-corrected chi connectivity index (χ0v) is 13.4. The molecule has 24 heavy (non-hydrogen) atoms. The molecule has 0 bridgehead atoms. The number of rotatable bonds is 4. The van der Waals surface area contributed by atoms with Gasteiger partial charge in [-0.15, -0.1) is 10.2 Å². The number of alkyl carbamates (subject to hydrolysis) is 1. The van der Waals surface area contributed by atoms with Crippen molar-refractivity contribution < 1.29 is 14.3 Å². The van der Waals surface area contributed by atoms with E-state index in [0.717, 1.165) is 11.1 Å². The number of nitrogens with zero attached hydrogens (tertiary/aromatic N) is 4. The van der Waals surface area contributed by atoms with Crippen LogP contribution in [0.5, 0.6) is 0 Å². The van der Waals surface area contributed by atoms with Crippen LogP contribution in [0.1, 0.15) is 18.4 Å². The third kappa shape index (κ3) is 3.19. The van der Waals surface area contributed by atoms with Crippen molar-refractivity contribution in [2.45, 2.75) is 18.9 Å². The molecule has 1 aromatic heterocycles. The Labute approximate surface area is 138 Å². The molecule has 1 saturated heterocycles. The zero-order chi connectivity index (χ0) is 17.1. The number of ether oxygens (including phenoxy) is 1. The number of hydrogen-bond acceptors (Lipinski definition) is 6. The Morgan fingerprint density at radius 3 is 2.62 bits per heavy atom. The normalized spacial score (nSPS) is 15.5. The van der Waals surface area contributed by atoms with Gasteiger partial charge in [-0.25, -0.2) is 4.79 Å². The number of amides is 2. The van der Waals surface area contributed by atoms with Crippen molar-refractivity contribution in [3.63, 3.8) is 0 Å². The van der Waals surface area contributed by atoms with Crippen LogP contribution in [-0.2, 0) is 9.53 Å². The number of tetrazole rings is 1. The van der Waals surface area contributed by atoms with Gasteiger partial charge in [0.25, 0.3) is 0 Å². The molecule has 1 aliphatic rings. The molecular formula is C15H18N6O3. The molecular weight excluding hydrogens is 312 g/mol. The summed E-state index contributed by atoms with van der Waals surface area (Å²) in [4.78, 5) is 25.3. The molecule has 0 aliphatic carbocycles. The van der Waals surface area contributed by atoms with Crippen LogP contribution in [0.15, 0.2) is 24.3 Å². The van der Waals surface area contributed by atoms with Gasteiger partial charge in [-0.1, -0.05) is 24.3 Å². The van der Waals surface area contributed by atoms with Crippen LogP contribution in [0.2, 0.25) is 0 Å². The van der Waals surface area contributed by atoms with Crippen molar-refractivity contribution in [2.24, 2.45) is 0 Å². The number of carbonyl (C=O) groups is 2. The molecule has 0 saturated carbocycles. The maximum Gasteiger partial charge on any atom is 0.407 e. The van der Waals surface area contributed by atoms with E-state index in [9.17, 15) is 9.59 Å². The van der Waals surface area contributed by atoms with Crippen LogP contribution in [0.3, 0.4) is 0 Å². The van der Waals surface area contributed by atoms with Crippen molar-refractivity contribution in [1.82, 2.24) is 30.8 Å². The molecule has 3 rings (SSSR count). The van der Waals surface area contributed by atoms with Gasteiger partial charge < -0.3 is 15.0 Å². The second-order valence-electron chi connectivity index (χ2n) is 5.60.